The molecule has 1 aliphatic heterocycles. The van der Waals surface area contributed by atoms with E-state index in [1.54, 1.807) is 36.4 Å². The lowest BCUT2D eigenvalue weighted by atomic mass is 9.93. The molecule has 4 aromatic rings. The quantitative estimate of drug-likeness (QED) is 0.314. The minimum atomic E-state index is -0.907. The molecule has 6 nitrogen and oxygen atoms in total. The predicted molar refractivity (Wildman–Crippen MR) is 138 cm³/mol. The number of carbonyl (C=O) groups excluding carboxylic acids is 1. The number of amides is 1. The second-order valence-electron chi connectivity index (χ2n) is 8.66. The Bertz CT molecular complexity index is 1430. The van der Waals surface area contributed by atoms with Gasteiger partial charge in [0, 0.05) is 23.7 Å². The summed E-state index contributed by atoms with van der Waals surface area (Å²) in [5.41, 5.74) is 2.23. The molecule has 0 fully saturated rings. The molecule has 5 rings (SSSR count). The zero-order valence-electron chi connectivity index (χ0n) is 19.4. The normalized spacial score (nSPS) is 14.5. The summed E-state index contributed by atoms with van der Waals surface area (Å²) >= 11 is 6.37. The number of nitrogens with one attached hydrogen (secondary N) is 1. The average Bonchev–Trinajstić information content (AvgIpc) is 2.89. The molecule has 0 aliphatic carbocycles. The Kier molecular flexibility index (Phi) is 6.78. The molecule has 4 aromatic carbocycles. The lowest BCUT2D eigenvalue weighted by Gasteiger charge is -2.24. The lowest BCUT2D eigenvalue weighted by Crippen LogP contribution is -2.25. The Labute approximate surface area is 213 Å². The number of aliphatic carboxylic acids is 1. The standard InChI is InChI=1S/C29H24ClNO5/c30-25-16-24-23(29(33)34)12-14-35-26(24)17-27(25)36-22-9-7-20(8-10-22)28(32)31-13-11-18-5-6-19-3-1-2-4-21(19)15-18/h1-10,15-17,23H,11-14H2,(H,31,32)(H,33,34). The van der Waals surface area contributed by atoms with E-state index in [1.165, 1.54) is 16.3 Å². The number of ether oxygens (including phenoxy) is 2. The van der Waals surface area contributed by atoms with Crippen LogP contribution in [0.3, 0.4) is 0 Å². The molecule has 1 amide bonds. The predicted octanol–water partition coefficient (Wildman–Crippen LogP) is 6.21. The molecule has 1 heterocycles. The van der Waals surface area contributed by atoms with Crippen LogP contribution in [0.1, 0.15) is 33.8 Å². The van der Waals surface area contributed by atoms with Gasteiger partial charge in [0.15, 0.2) is 0 Å². The van der Waals surface area contributed by atoms with Gasteiger partial charge in [-0.25, -0.2) is 0 Å². The van der Waals surface area contributed by atoms with Crippen molar-refractivity contribution in [3.05, 3.63) is 101 Å². The van der Waals surface area contributed by atoms with E-state index in [4.69, 9.17) is 21.1 Å². The van der Waals surface area contributed by atoms with E-state index in [0.717, 1.165) is 6.42 Å². The Morgan fingerprint density at radius 3 is 2.56 bits per heavy atom. The molecule has 1 aliphatic rings. The van der Waals surface area contributed by atoms with Crippen LogP contribution in [0.15, 0.2) is 78.9 Å². The smallest absolute Gasteiger partial charge is 0.311 e. The molecule has 7 heteroatoms. The first-order valence-electron chi connectivity index (χ1n) is 11.7. The minimum Gasteiger partial charge on any atom is -0.493 e. The molecule has 1 atom stereocenters. The highest BCUT2D eigenvalue weighted by Gasteiger charge is 2.29. The Balaban J connectivity index is 1.20. The number of fused-ring (bicyclic) bond motifs is 2. The average molecular weight is 502 g/mol. The second-order valence-corrected chi connectivity index (χ2v) is 9.07. The SMILES string of the molecule is O=C(NCCc1ccc2ccccc2c1)c1ccc(Oc2cc3c(cc2Cl)C(C(=O)O)CCO3)cc1. The molecule has 0 bridgehead atoms. The van der Waals surface area contributed by atoms with E-state index in [2.05, 4.69) is 35.6 Å². The number of halogens is 1. The van der Waals surface area contributed by atoms with Gasteiger partial charge in [-0.1, -0.05) is 54.1 Å². The maximum Gasteiger partial charge on any atom is 0.311 e. The molecule has 0 spiro atoms. The summed E-state index contributed by atoms with van der Waals surface area (Å²) in [5, 5.41) is 15.1. The van der Waals surface area contributed by atoms with E-state index in [0.29, 0.717) is 53.0 Å². The summed E-state index contributed by atoms with van der Waals surface area (Å²) in [6.07, 6.45) is 1.13. The van der Waals surface area contributed by atoms with Crippen LogP contribution in [0.5, 0.6) is 17.2 Å². The van der Waals surface area contributed by atoms with Crippen molar-refractivity contribution in [2.24, 2.45) is 0 Å². The van der Waals surface area contributed by atoms with Crippen LogP contribution in [-0.4, -0.2) is 30.1 Å². The van der Waals surface area contributed by atoms with E-state index in [-0.39, 0.29) is 5.91 Å². The number of carboxylic acids is 1. The van der Waals surface area contributed by atoms with Crippen LogP contribution < -0.4 is 14.8 Å². The summed E-state index contributed by atoms with van der Waals surface area (Å²) in [5.74, 6) is -0.420. The van der Waals surface area contributed by atoms with Gasteiger partial charge in [0.1, 0.15) is 17.2 Å². The van der Waals surface area contributed by atoms with Crippen LogP contribution in [-0.2, 0) is 11.2 Å². The maximum atomic E-state index is 12.6. The van der Waals surface area contributed by atoms with E-state index >= 15 is 0 Å². The van der Waals surface area contributed by atoms with E-state index in [1.807, 2.05) is 12.1 Å². The molecule has 1 unspecified atom stereocenters. The van der Waals surface area contributed by atoms with Gasteiger partial charge >= 0.3 is 5.97 Å². The van der Waals surface area contributed by atoms with Gasteiger partial charge in [-0.2, -0.15) is 0 Å². The summed E-state index contributed by atoms with van der Waals surface area (Å²) in [4.78, 5) is 24.1. The van der Waals surface area contributed by atoms with Gasteiger partial charge in [0.05, 0.1) is 17.5 Å². The van der Waals surface area contributed by atoms with Crippen LogP contribution in [0.4, 0.5) is 0 Å². The van der Waals surface area contributed by atoms with Crippen LogP contribution in [0.25, 0.3) is 10.8 Å². The highest BCUT2D eigenvalue weighted by molar-refractivity contribution is 6.32. The summed E-state index contributed by atoms with van der Waals surface area (Å²) in [6, 6.07) is 24.5. The number of carbonyl (C=O) groups is 2. The molecule has 2 N–H and O–H groups in total. The Morgan fingerprint density at radius 2 is 1.78 bits per heavy atom. The second kappa shape index (κ2) is 10.3. The first-order chi connectivity index (χ1) is 17.5. The molecule has 182 valence electrons. The molecule has 0 saturated carbocycles. The van der Waals surface area contributed by atoms with Crippen LogP contribution in [0.2, 0.25) is 5.02 Å². The first kappa shape index (κ1) is 23.7. The van der Waals surface area contributed by atoms with Crippen molar-refractivity contribution in [3.8, 4) is 17.2 Å². The van der Waals surface area contributed by atoms with Crippen molar-refractivity contribution < 1.29 is 24.2 Å². The van der Waals surface area contributed by atoms with Crippen LogP contribution >= 0.6 is 11.6 Å². The van der Waals surface area contributed by atoms with Crippen LogP contribution in [0, 0.1) is 0 Å². The summed E-state index contributed by atoms with van der Waals surface area (Å²) < 4.78 is 11.5. The van der Waals surface area contributed by atoms with Crippen molar-refractivity contribution in [2.45, 2.75) is 18.8 Å². The number of carboxylic acid groups (broad SMARTS) is 1. The van der Waals surface area contributed by atoms with Crippen molar-refractivity contribution >= 4 is 34.2 Å². The number of hydrogen-bond donors (Lipinski definition) is 2. The van der Waals surface area contributed by atoms with Gasteiger partial charge in [0.25, 0.3) is 5.91 Å². The third-order valence-electron chi connectivity index (χ3n) is 6.26. The molecule has 0 aromatic heterocycles. The van der Waals surface area contributed by atoms with Crippen molar-refractivity contribution in [1.82, 2.24) is 5.32 Å². The number of benzene rings is 4. The highest BCUT2D eigenvalue weighted by Crippen LogP contribution is 2.41. The monoisotopic (exact) mass is 501 g/mol. The third kappa shape index (κ3) is 5.14. The number of hydrogen-bond acceptors (Lipinski definition) is 4. The fourth-order valence-electron chi connectivity index (χ4n) is 4.34. The zero-order chi connectivity index (χ0) is 25.1. The van der Waals surface area contributed by atoms with Gasteiger partial charge in [0.2, 0.25) is 0 Å². The number of rotatable bonds is 7. The largest absolute Gasteiger partial charge is 0.493 e. The van der Waals surface area contributed by atoms with Crippen molar-refractivity contribution in [2.75, 3.05) is 13.2 Å². The highest BCUT2D eigenvalue weighted by atomic mass is 35.5. The van der Waals surface area contributed by atoms with Crippen molar-refractivity contribution in [3.63, 3.8) is 0 Å². The molecule has 0 saturated heterocycles. The molecule has 36 heavy (non-hydrogen) atoms. The fourth-order valence-corrected chi connectivity index (χ4v) is 4.55. The van der Waals surface area contributed by atoms with Gasteiger partial charge in [-0.3, -0.25) is 9.59 Å². The Morgan fingerprint density at radius 1 is 1.00 bits per heavy atom. The van der Waals surface area contributed by atoms with E-state index in [9.17, 15) is 14.7 Å². The van der Waals surface area contributed by atoms with Gasteiger partial charge < -0.3 is 19.9 Å². The Hall–Kier alpha value is -4.03. The topological polar surface area (TPSA) is 84.9 Å². The van der Waals surface area contributed by atoms with Crippen molar-refractivity contribution in [1.29, 1.82) is 0 Å². The lowest BCUT2D eigenvalue weighted by molar-refractivity contribution is -0.139. The zero-order valence-corrected chi connectivity index (χ0v) is 20.1. The van der Waals surface area contributed by atoms with Gasteiger partial charge in [-0.15, -0.1) is 0 Å². The molecular formula is C29H24ClNO5. The summed E-state index contributed by atoms with van der Waals surface area (Å²) in [7, 11) is 0. The molecule has 0 radical (unpaired) electrons. The van der Waals surface area contributed by atoms with Gasteiger partial charge in [-0.05, 0) is 59.5 Å². The fraction of sp³-hybridized carbons (Fsp3) is 0.172. The maximum absolute atomic E-state index is 12.6. The molecular weight excluding hydrogens is 478 g/mol. The van der Waals surface area contributed by atoms with E-state index < -0.39 is 11.9 Å². The minimum absolute atomic E-state index is 0.165. The third-order valence-corrected chi connectivity index (χ3v) is 6.55. The summed E-state index contributed by atoms with van der Waals surface area (Å²) in [6.45, 7) is 0.840. The first-order valence-corrected chi connectivity index (χ1v) is 12.1.